The fourth-order valence-electron chi connectivity index (χ4n) is 1.43. The molecule has 3 nitrogen and oxygen atoms in total. The van der Waals surface area contributed by atoms with E-state index in [1.807, 2.05) is 0 Å². The number of aromatic nitrogens is 2. The highest BCUT2D eigenvalue weighted by Gasteiger charge is 2.25. The summed E-state index contributed by atoms with van der Waals surface area (Å²) in [5.41, 5.74) is 0. The van der Waals surface area contributed by atoms with E-state index in [1.54, 1.807) is 6.33 Å². The SMILES string of the molecule is CC1CC(Nc2ncns2)C1. The molecule has 1 aliphatic carbocycles. The van der Waals surface area contributed by atoms with Crippen LogP contribution in [-0.4, -0.2) is 15.4 Å². The maximum Gasteiger partial charge on any atom is 0.202 e. The summed E-state index contributed by atoms with van der Waals surface area (Å²) < 4.78 is 3.92. The summed E-state index contributed by atoms with van der Waals surface area (Å²) in [4.78, 5) is 4.06. The summed E-state index contributed by atoms with van der Waals surface area (Å²) in [5.74, 6) is 0.889. The normalized spacial score (nSPS) is 29.5. The van der Waals surface area contributed by atoms with Crippen molar-refractivity contribution in [2.75, 3.05) is 5.32 Å². The molecule has 60 valence electrons. The van der Waals surface area contributed by atoms with Crippen LogP contribution in [0.2, 0.25) is 0 Å². The van der Waals surface area contributed by atoms with Gasteiger partial charge in [-0.05, 0) is 18.8 Å². The van der Waals surface area contributed by atoms with E-state index in [0.717, 1.165) is 11.0 Å². The predicted octanol–water partition coefficient (Wildman–Crippen LogP) is 1.75. The van der Waals surface area contributed by atoms with Gasteiger partial charge in [-0.1, -0.05) is 6.92 Å². The van der Waals surface area contributed by atoms with E-state index in [1.165, 1.54) is 24.4 Å². The van der Waals surface area contributed by atoms with Gasteiger partial charge in [-0.15, -0.1) is 0 Å². The largest absolute Gasteiger partial charge is 0.358 e. The maximum atomic E-state index is 4.06. The molecule has 1 N–H and O–H groups in total. The molecule has 1 fully saturated rings. The zero-order valence-corrected chi connectivity index (χ0v) is 7.27. The first-order chi connectivity index (χ1) is 5.34. The van der Waals surface area contributed by atoms with Crippen molar-refractivity contribution in [2.24, 2.45) is 5.92 Å². The number of anilines is 1. The Morgan fingerprint density at radius 2 is 2.45 bits per heavy atom. The molecule has 1 aliphatic rings. The van der Waals surface area contributed by atoms with Crippen LogP contribution < -0.4 is 5.32 Å². The molecule has 1 aromatic rings. The molecule has 1 aromatic heterocycles. The third-order valence-corrected chi connectivity index (χ3v) is 2.66. The Balaban J connectivity index is 1.84. The fraction of sp³-hybridized carbons (Fsp3) is 0.714. The topological polar surface area (TPSA) is 37.8 Å². The van der Waals surface area contributed by atoms with Crippen molar-refractivity contribution in [3.05, 3.63) is 6.33 Å². The smallest absolute Gasteiger partial charge is 0.202 e. The van der Waals surface area contributed by atoms with Crippen LogP contribution in [0.25, 0.3) is 0 Å². The molecule has 4 heteroatoms. The van der Waals surface area contributed by atoms with Crippen molar-refractivity contribution in [3.8, 4) is 0 Å². The van der Waals surface area contributed by atoms with Gasteiger partial charge in [0.1, 0.15) is 6.33 Å². The van der Waals surface area contributed by atoms with Crippen LogP contribution >= 0.6 is 11.5 Å². The molecule has 0 aromatic carbocycles. The summed E-state index contributed by atoms with van der Waals surface area (Å²) in [5, 5.41) is 4.29. The van der Waals surface area contributed by atoms with Gasteiger partial charge in [-0.3, -0.25) is 0 Å². The molecule has 0 aliphatic heterocycles. The Morgan fingerprint density at radius 1 is 1.64 bits per heavy atom. The first-order valence-electron chi connectivity index (χ1n) is 3.88. The van der Waals surface area contributed by atoms with Gasteiger partial charge in [-0.25, -0.2) is 4.98 Å². The lowest BCUT2D eigenvalue weighted by Gasteiger charge is -2.32. The minimum Gasteiger partial charge on any atom is -0.358 e. The minimum absolute atomic E-state index is 0.651. The van der Waals surface area contributed by atoms with Gasteiger partial charge >= 0.3 is 0 Å². The first-order valence-corrected chi connectivity index (χ1v) is 4.65. The van der Waals surface area contributed by atoms with Crippen molar-refractivity contribution in [1.29, 1.82) is 0 Å². The van der Waals surface area contributed by atoms with Crippen LogP contribution in [0.1, 0.15) is 19.8 Å². The highest BCUT2D eigenvalue weighted by Crippen LogP contribution is 2.29. The van der Waals surface area contributed by atoms with E-state index in [-0.39, 0.29) is 0 Å². The van der Waals surface area contributed by atoms with Crippen LogP contribution in [0, 0.1) is 5.92 Å². The molecule has 1 heterocycles. The van der Waals surface area contributed by atoms with Crippen molar-refractivity contribution >= 4 is 16.7 Å². The van der Waals surface area contributed by atoms with E-state index in [4.69, 9.17) is 0 Å². The zero-order valence-electron chi connectivity index (χ0n) is 6.45. The first kappa shape index (κ1) is 7.03. The van der Waals surface area contributed by atoms with Crippen LogP contribution in [0.3, 0.4) is 0 Å². The number of hydrogen-bond acceptors (Lipinski definition) is 4. The second kappa shape index (κ2) is 2.77. The molecule has 0 unspecified atom stereocenters. The van der Waals surface area contributed by atoms with Gasteiger partial charge in [0.25, 0.3) is 0 Å². The zero-order chi connectivity index (χ0) is 7.68. The lowest BCUT2D eigenvalue weighted by atomic mass is 9.82. The summed E-state index contributed by atoms with van der Waals surface area (Å²) >= 11 is 1.43. The lowest BCUT2D eigenvalue weighted by Crippen LogP contribution is -2.33. The number of rotatable bonds is 2. The Morgan fingerprint density at radius 3 is 3.00 bits per heavy atom. The molecule has 1 saturated carbocycles. The molecular formula is C7H11N3S. The van der Waals surface area contributed by atoms with Crippen LogP contribution in [0.5, 0.6) is 0 Å². The molecule has 2 rings (SSSR count). The van der Waals surface area contributed by atoms with Gasteiger partial charge in [0.2, 0.25) is 5.13 Å². The standard InChI is InChI=1S/C7H11N3S/c1-5-2-6(3-5)10-7-8-4-9-11-7/h4-6H,2-3H2,1H3,(H,8,9,10). The summed E-state index contributed by atoms with van der Waals surface area (Å²) in [6.07, 6.45) is 4.15. The average Bonchev–Trinajstić information content (AvgIpc) is 2.36. The average molecular weight is 169 g/mol. The molecular weight excluding hydrogens is 158 g/mol. The molecule has 11 heavy (non-hydrogen) atoms. The molecule has 0 bridgehead atoms. The van der Waals surface area contributed by atoms with Gasteiger partial charge in [0.05, 0.1) is 0 Å². The molecule has 0 amide bonds. The van der Waals surface area contributed by atoms with Crippen molar-refractivity contribution < 1.29 is 0 Å². The second-order valence-electron chi connectivity index (χ2n) is 3.16. The number of hydrogen-bond donors (Lipinski definition) is 1. The molecule has 0 spiro atoms. The Labute approximate surface area is 70.0 Å². The molecule has 0 saturated heterocycles. The van der Waals surface area contributed by atoms with E-state index < -0.39 is 0 Å². The molecule has 0 atom stereocenters. The summed E-state index contributed by atoms with van der Waals surface area (Å²) in [6, 6.07) is 0.651. The van der Waals surface area contributed by atoms with E-state index >= 15 is 0 Å². The summed E-state index contributed by atoms with van der Waals surface area (Å²) in [7, 11) is 0. The van der Waals surface area contributed by atoms with Crippen molar-refractivity contribution in [3.63, 3.8) is 0 Å². The summed E-state index contributed by atoms with van der Waals surface area (Å²) in [6.45, 7) is 2.28. The highest BCUT2D eigenvalue weighted by atomic mass is 32.1. The third-order valence-electron chi connectivity index (χ3n) is 2.06. The number of nitrogens with zero attached hydrogens (tertiary/aromatic N) is 2. The van der Waals surface area contributed by atoms with Crippen LogP contribution in [-0.2, 0) is 0 Å². The van der Waals surface area contributed by atoms with Crippen molar-refractivity contribution in [1.82, 2.24) is 9.36 Å². The van der Waals surface area contributed by atoms with E-state index in [0.29, 0.717) is 6.04 Å². The second-order valence-corrected chi connectivity index (χ2v) is 3.94. The quantitative estimate of drug-likeness (QED) is 0.733. The Kier molecular flexibility index (Phi) is 1.77. The Hall–Kier alpha value is -0.640. The predicted molar refractivity (Wildman–Crippen MR) is 45.7 cm³/mol. The fourth-order valence-corrected chi connectivity index (χ4v) is 1.94. The molecule has 0 radical (unpaired) electrons. The van der Waals surface area contributed by atoms with Crippen LogP contribution in [0.15, 0.2) is 6.33 Å². The maximum absolute atomic E-state index is 4.06. The van der Waals surface area contributed by atoms with Gasteiger partial charge < -0.3 is 5.32 Å². The van der Waals surface area contributed by atoms with Crippen molar-refractivity contribution in [2.45, 2.75) is 25.8 Å². The Bertz CT molecular complexity index is 216. The van der Waals surface area contributed by atoms with Gasteiger partial charge in [0, 0.05) is 17.6 Å². The van der Waals surface area contributed by atoms with E-state index in [2.05, 4.69) is 21.6 Å². The minimum atomic E-state index is 0.651. The monoisotopic (exact) mass is 169 g/mol. The van der Waals surface area contributed by atoms with Crippen LogP contribution in [0.4, 0.5) is 5.13 Å². The third kappa shape index (κ3) is 1.50. The lowest BCUT2D eigenvalue weighted by molar-refractivity contribution is 0.309. The van der Waals surface area contributed by atoms with E-state index in [9.17, 15) is 0 Å². The van der Waals surface area contributed by atoms with Gasteiger partial charge in [-0.2, -0.15) is 4.37 Å². The number of nitrogens with one attached hydrogen (secondary N) is 1. The highest BCUT2D eigenvalue weighted by molar-refractivity contribution is 7.09. The van der Waals surface area contributed by atoms with Gasteiger partial charge in [0.15, 0.2) is 0 Å².